The summed E-state index contributed by atoms with van der Waals surface area (Å²) >= 11 is 0. The van der Waals surface area contributed by atoms with E-state index in [1.54, 1.807) is 0 Å². The van der Waals surface area contributed by atoms with Crippen LogP contribution in [0.25, 0.3) is 56.5 Å². The lowest BCUT2D eigenvalue weighted by molar-refractivity contribution is 0.269. The molecule has 2 aliphatic rings. The summed E-state index contributed by atoms with van der Waals surface area (Å²) in [5, 5.41) is 0. The highest BCUT2D eigenvalue weighted by Crippen LogP contribution is 2.41. The van der Waals surface area contributed by atoms with E-state index in [0.29, 0.717) is 36.4 Å². The molecule has 6 heteroatoms. The third kappa shape index (κ3) is 7.38. The predicted molar refractivity (Wildman–Crippen MR) is 239 cm³/mol. The molecule has 1 atom stereocenters. The quantitative estimate of drug-likeness (QED) is 0.161. The summed E-state index contributed by atoms with van der Waals surface area (Å²) in [5.41, 5.74) is 12.7. The van der Waals surface area contributed by atoms with Crippen molar-refractivity contribution < 1.29 is 9.15 Å². The van der Waals surface area contributed by atoms with Crippen molar-refractivity contribution in [2.45, 2.75) is 46.0 Å². The van der Waals surface area contributed by atoms with Gasteiger partial charge in [0.15, 0.2) is 23.1 Å². The van der Waals surface area contributed by atoms with Crippen LogP contribution in [0.15, 0.2) is 180 Å². The lowest BCUT2D eigenvalue weighted by atomic mass is 9.75. The second-order valence-corrected chi connectivity index (χ2v) is 15.9. The number of allylic oxidation sites excluding steroid dienone is 7. The van der Waals surface area contributed by atoms with E-state index in [9.17, 15) is 0 Å². The van der Waals surface area contributed by atoms with Crippen LogP contribution in [-0.4, -0.2) is 26.5 Å². The number of rotatable bonds is 7. The van der Waals surface area contributed by atoms with Gasteiger partial charge in [0.25, 0.3) is 0 Å². The number of aryl methyl sites for hydroxylation is 1. The van der Waals surface area contributed by atoms with Gasteiger partial charge >= 0.3 is 0 Å². The summed E-state index contributed by atoms with van der Waals surface area (Å²) in [6, 6.07) is 43.4. The van der Waals surface area contributed by atoms with Gasteiger partial charge in [-0.3, -0.25) is 0 Å². The Morgan fingerprint density at radius 2 is 1.31 bits per heavy atom. The minimum absolute atomic E-state index is 0.163. The van der Waals surface area contributed by atoms with E-state index >= 15 is 0 Å². The molecule has 59 heavy (non-hydrogen) atoms. The number of oxazole rings is 1. The van der Waals surface area contributed by atoms with Crippen molar-refractivity contribution in [3.05, 3.63) is 203 Å². The number of fused-ring (bicyclic) bond motifs is 1. The van der Waals surface area contributed by atoms with Crippen molar-refractivity contribution in [2.75, 3.05) is 6.61 Å². The molecular weight excluding hydrogens is 725 g/mol. The number of aromatic nitrogens is 4. The van der Waals surface area contributed by atoms with Gasteiger partial charge in [-0.15, -0.1) is 0 Å². The fourth-order valence-corrected chi connectivity index (χ4v) is 8.12. The van der Waals surface area contributed by atoms with Crippen LogP contribution in [0.1, 0.15) is 61.7 Å². The molecule has 0 N–H and O–H groups in total. The summed E-state index contributed by atoms with van der Waals surface area (Å²) in [5.74, 6) is 3.32. The molecule has 9 rings (SSSR count). The van der Waals surface area contributed by atoms with Crippen molar-refractivity contribution in [1.29, 1.82) is 0 Å². The second-order valence-electron chi connectivity index (χ2n) is 15.9. The Morgan fingerprint density at radius 1 is 0.678 bits per heavy atom. The first-order chi connectivity index (χ1) is 28.7. The first kappa shape index (κ1) is 37.6. The van der Waals surface area contributed by atoms with Gasteiger partial charge in [0, 0.05) is 27.7 Å². The van der Waals surface area contributed by atoms with Crippen LogP contribution in [0.5, 0.6) is 0 Å². The molecule has 0 bridgehead atoms. The number of ether oxygens (including phenoxy) is 1. The molecule has 3 heterocycles. The van der Waals surface area contributed by atoms with Crippen LogP contribution in [0, 0.1) is 12.8 Å². The molecule has 0 radical (unpaired) electrons. The molecular formula is C53H46N4O2. The fourth-order valence-electron chi connectivity index (χ4n) is 8.12. The molecule has 0 saturated heterocycles. The normalized spacial score (nSPS) is 16.9. The van der Waals surface area contributed by atoms with Crippen molar-refractivity contribution in [1.82, 2.24) is 19.9 Å². The zero-order valence-corrected chi connectivity index (χ0v) is 33.9. The molecule has 290 valence electrons. The second kappa shape index (κ2) is 15.8. The topological polar surface area (TPSA) is 73.9 Å². The van der Waals surface area contributed by atoms with E-state index < -0.39 is 0 Å². The number of hydrogen-bond donors (Lipinski definition) is 0. The molecule has 0 amide bonds. The summed E-state index contributed by atoms with van der Waals surface area (Å²) in [6.07, 6.45) is 10.3. The first-order valence-electron chi connectivity index (χ1n) is 20.3. The van der Waals surface area contributed by atoms with Crippen LogP contribution in [0.2, 0.25) is 0 Å². The smallest absolute Gasteiger partial charge is 0.227 e. The largest absolute Gasteiger partial charge is 0.487 e. The van der Waals surface area contributed by atoms with E-state index in [1.165, 1.54) is 11.1 Å². The monoisotopic (exact) mass is 770 g/mol. The summed E-state index contributed by atoms with van der Waals surface area (Å²) in [6.45, 7) is 13.9. The van der Waals surface area contributed by atoms with Gasteiger partial charge in [-0.1, -0.05) is 161 Å². The van der Waals surface area contributed by atoms with Gasteiger partial charge in [0.1, 0.15) is 17.9 Å². The van der Waals surface area contributed by atoms with Crippen molar-refractivity contribution in [3.63, 3.8) is 0 Å². The number of nitrogens with zero attached hydrogens (tertiary/aromatic N) is 4. The van der Waals surface area contributed by atoms with Crippen molar-refractivity contribution in [3.8, 4) is 34.2 Å². The zero-order valence-electron chi connectivity index (χ0n) is 33.9. The fraction of sp³-hybridized carbons (Fsp3) is 0.170. The van der Waals surface area contributed by atoms with Crippen LogP contribution >= 0.6 is 0 Å². The highest BCUT2D eigenvalue weighted by atomic mass is 16.5. The molecule has 2 aromatic heterocycles. The number of hydrogen-bond acceptors (Lipinski definition) is 6. The van der Waals surface area contributed by atoms with Gasteiger partial charge in [0.05, 0.1) is 5.57 Å². The third-order valence-corrected chi connectivity index (χ3v) is 11.7. The van der Waals surface area contributed by atoms with Gasteiger partial charge in [0.2, 0.25) is 5.89 Å². The Balaban J connectivity index is 1.07. The molecule has 5 aromatic carbocycles. The Hall–Kier alpha value is -6.92. The molecule has 6 nitrogen and oxygen atoms in total. The lowest BCUT2D eigenvalue weighted by Gasteiger charge is -2.28. The van der Waals surface area contributed by atoms with Crippen LogP contribution in [0.3, 0.4) is 0 Å². The summed E-state index contributed by atoms with van der Waals surface area (Å²) < 4.78 is 13.4. The lowest BCUT2D eigenvalue weighted by Crippen LogP contribution is -2.20. The van der Waals surface area contributed by atoms with Crippen molar-refractivity contribution in [2.24, 2.45) is 5.92 Å². The maximum Gasteiger partial charge on any atom is 0.227 e. The molecule has 1 aliphatic carbocycles. The standard InChI is InChI=1S/C53H46N4O2/c1-34-28-29-41(40-24-17-25-42(32-40)53(4,5)45-30-31-46-47(36(45)3)59-52(54-46)39-22-13-8-14-23-39)33-58-48-43(35(34)2)26-15-16-27-44(48)51-56-49(37-18-9-6-10-19-37)55-50(57-51)38-20-11-7-12-21-38/h6-15,17-27,29-32,34H,2,16,28,33H2,1,3-5H3/b41-29+. The Kier molecular flexibility index (Phi) is 10.1. The Labute approximate surface area is 346 Å². The minimum Gasteiger partial charge on any atom is -0.487 e. The maximum atomic E-state index is 7.02. The highest BCUT2D eigenvalue weighted by Gasteiger charge is 2.29. The Bertz CT molecular complexity index is 2770. The van der Waals surface area contributed by atoms with E-state index in [2.05, 4.69) is 95.0 Å². The first-order valence-corrected chi connectivity index (χ1v) is 20.3. The van der Waals surface area contributed by atoms with Gasteiger partial charge < -0.3 is 9.15 Å². The van der Waals surface area contributed by atoms with Gasteiger partial charge in [-0.05, 0) is 77.3 Å². The average Bonchev–Trinajstić information content (AvgIpc) is 3.64. The molecule has 0 spiro atoms. The molecule has 7 aromatic rings. The Morgan fingerprint density at radius 3 is 1.98 bits per heavy atom. The SMILES string of the molecule is C=C1C2=C(OC/C(c3cccc(C(C)(C)c4ccc5nc(-c6ccccc6)oc5c4C)c3)=C\CC1C)C(c1nc(-c3ccccc3)nc(-c3ccccc3)n1)=CCC=C2. The predicted octanol–water partition coefficient (Wildman–Crippen LogP) is 12.9. The maximum absolute atomic E-state index is 7.02. The molecule has 0 saturated carbocycles. The summed E-state index contributed by atoms with van der Waals surface area (Å²) in [4.78, 5) is 20.0. The highest BCUT2D eigenvalue weighted by molar-refractivity contribution is 5.82. The van der Waals surface area contributed by atoms with E-state index in [1.807, 2.05) is 91.0 Å². The number of benzene rings is 5. The van der Waals surface area contributed by atoms with Crippen LogP contribution in [0.4, 0.5) is 0 Å². The minimum atomic E-state index is -0.335. The van der Waals surface area contributed by atoms with E-state index in [0.717, 1.165) is 73.4 Å². The molecule has 1 aliphatic heterocycles. The van der Waals surface area contributed by atoms with E-state index in [4.69, 9.17) is 29.1 Å². The zero-order chi connectivity index (χ0) is 40.5. The van der Waals surface area contributed by atoms with Gasteiger partial charge in [-0.25, -0.2) is 19.9 Å². The third-order valence-electron chi connectivity index (χ3n) is 11.7. The molecule has 0 fully saturated rings. The van der Waals surface area contributed by atoms with Crippen LogP contribution in [-0.2, 0) is 10.2 Å². The molecule has 1 unspecified atom stereocenters. The van der Waals surface area contributed by atoms with Gasteiger partial charge in [-0.2, -0.15) is 0 Å². The van der Waals surface area contributed by atoms with E-state index in [-0.39, 0.29) is 11.3 Å². The summed E-state index contributed by atoms with van der Waals surface area (Å²) in [7, 11) is 0. The van der Waals surface area contributed by atoms with Crippen molar-refractivity contribution >= 4 is 22.2 Å². The average molecular weight is 771 g/mol. The van der Waals surface area contributed by atoms with Crippen LogP contribution < -0.4 is 0 Å².